The number of alkyl halides is 1. The smallest absolute Gasteiger partial charge is 0.164 e. The normalized spacial score (nSPS) is 9.85. The van der Waals surface area contributed by atoms with E-state index in [1.807, 2.05) is 0 Å². The van der Waals surface area contributed by atoms with E-state index in [0.29, 0.717) is 16.8 Å². The molecule has 2 nitrogen and oxygen atoms in total. The number of hydrogen-bond donors (Lipinski definition) is 0. The summed E-state index contributed by atoms with van der Waals surface area (Å²) in [7, 11) is 3.01. The van der Waals surface area contributed by atoms with Gasteiger partial charge in [-0.05, 0) is 6.07 Å². The van der Waals surface area contributed by atoms with Crippen molar-refractivity contribution in [3.63, 3.8) is 0 Å². The first-order valence-corrected chi connectivity index (χ1v) is 4.81. The summed E-state index contributed by atoms with van der Waals surface area (Å²) in [5, 5.41) is 0.532. The lowest BCUT2D eigenvalue weighted by Gasteiger charge is -2.10. The van der Waals surface area contributed by atoms with Gasteiger partial charge in [0.1, 0.15) is 5.82 Å². The lowest BCUT2D eigenvalue weighted by Crippen LogP contribution is -1.95. The molecule has 0 heterocycles. The van der Waals surface area contributed by atoms with E-state index >= 15 is 0 Å². The topological polar surface area (TPSA) is 18.5 Å². The van der Waals surface area contributed by atoms with E-state index in [1.165, 1.54) is 26.4 Å². The Morgan fingerprint density at radius 3 is 2.46 bits per heavy atom. The Kier molecular flexibility index (Phi) is 3.54. The molecule has 13 heavy (non-hydrogen) atoms. The van der Waals surface area contributed by atoms with Gasteiger partial charge in [0, 0.05) is 17.0 Å². The minimum absolute atomic E-state index is 0.327. The average molecular weight is 249 g/mol. The summed E-state index contributed by atoms with van der Waals surface area (Å²) in [6, 6.07) is 2.71. The van der Waals surface area contributed by atoms with E-state index < -0.39 is 0 Å². The van der Waals surface area contributed by atoms with Gasteiger partial charge in [-0.15, -0.1) is 0 Å². The van der Waals surface area contributed by atoms with Gasteiger partial charge in [0.2, 0.25) is 0 Å². The largest absolute Gasteiger partial charge is 0.493 e. The van der Waals surface area contributed by atoms with Crippen molar-refractivity contribution in [3.05, 3.63) is 23.5 Å². The van der Waals surface area contributed by atoms with Gasteiger partial charge in [0.25, 0.3) is 0 Å². The highest BCUT2D eigenvalue weighted by molar-refractivity contribution is 9.08. The number of hydrogen-bond acceptors (Lipinski definition) is 2. The quantitative estimate of drug-likeness (QED) is 0.767. The van der Waals surface area contributed by atoms with Gasteiger partial charge in [0.15, 0.2) is 11.5 Å². The summed E-state index contributed by atoms with van der Waals surface area (Å²) in [5.74, 6) is 0.657. The minimum atomic E-state index is -0.327. The summed E-state index contributed by atoms with van der Waals surface area (Å²) in [4.78, 5) is 0. The van der Waals surface area contributed by atoms with Crippen LogP contribution in [0.1, 0.15) is 5.56 Å². The lowest BCUT2D eigenvalue weighted by molar-refractivity contribution is 0.350. The molecule has 0 saturated carbocycles. The van der Waals surface area contributed by atoms with E-state index in [1.54, 1.807) is 0 Å². The molecule has 0 N–H and O–H groups in total. The maximum absolute atomic E-state index is 13.0. The van der Waals surface area contributed by atoms with Gasteiger partial charge in [-0.3, -0.25) is 0 Å². The van der Waals surface area contributed by atoms with Crippen molar-refractivity contribution in [2.75, 3.05) is 14.2 Å². The van der Waals surface area contributed by atoms with Gasteiger partial charge >= 0.3 is 0 Å². The van der Waals surface area contributed by atoms with Crippen LogP contribution in [0.4, 0.5) is 4.39 Å². The third-order valence-corrected chi connectivity index (χ3v) is 2.27. The zero-order chi connectivity index (χ0) is 9.84. The fourth-order valence-electron chi connectivity index (χ4n) is 1.11. The van der Waals surface area contributed by atoms with Crippen molar-refractivity contribution in [1.29, 1.82) is 0 Å². The van der Waals surface area contributed by atoms with E-state index in [9.17, 15) is 4.39 Å². The highest BCUT2D eigenvalue weighted by atomic mass is 79.9. The Balaban J connectivity index is 3.25. The molecule has 1 rings (SSSR count). The van der Waals surface area contributed by atoms with Gasteiger partial charge in [-0.2, -0.15) is 0 Å². The maximum atomic E-state index is 13.0. The molecule has 0 fully saturated rings. The van der Waals surface area contributed by atoms with Crippen LogP contribution < -0.4 is 9.47 Å². The number of methoxy groups -OCH3 is 2. The highest BCUT2D eigenvalue weighted by Gasteiger charge is 2.10. The molecule has 0 bridgehead atoms. The molecule has 1 aromatic rings. The van der Waals surface area contributed by atoms with Crippen LogP contribution in [0.5, 0.6) is 11.5 Å². The van der Waals surface area contributed by atoms with Crippen molar-refractivity contribution in [1.82, 2.24) is 0 Å². The number of rotatable bonds is 3. The molecule has 0 radical (unpaired) electrons. The van der Waals surface area contributed by atoms with Crippen LogP contribution in [0.3, 0.4) is 0 Å². The zero-order valence-corrected chi connectivity index (χ0v) is 9.02. The standard InChI is InChI=1S/C9H10BrFO2/c1-12-8-4-7(11)3-6(5-10)9(8)13-2/h3-4H,5H2,1-2H3. The van der Waals surface area contributed by atoms with Crippen molar-refractivity contribution < 1.29 is 13.9 Å². The van der Waals surface area contributed by atoms with Crippen LogP contribution in [0.2, 0.25) is 0 Å². The third-order valence-electron chi connectivity index (χ3n) is 1.66. The first-order chi connectivity index (χ1) is 6.22. The fraction of sp³-hybridized carbons (Fsp3) is 0.333. The molecule has 0 atom stereocenters. The van der Waals surface area contributed by atoms with Crippen molar-refractivity contribution in [2.24, 2.45) is 0 Å². The first-order valence-electron chi connectivity index (χ1n) is 3.69. The first kappa shape index (κ1) is 10.3. The second-order valence-electron chi connectivity index (χ2n) is 2.43. The summed E-state index contributed by atoms with van der Waals surface area (Å²) in [6.45, 7) is 0. The van der Waals surface area contributed by atoms with Crippen LogP contribution in [0.15, 0.2) is 12.1 Å². The summed E-state index contributed by atoms with van der Waals surface area (Å²) in [5.41, 5.74) is 0.736. The monoisotopic (exact) mass is 248 g/mol. The van der Waals surface area contributed by atoms with Crippen LogP contribution in [-0.2, 0) is 5.33 Å². The Hall–Kier alpha value is -0.770. The summed E-state index contributed by atoms with van der Waals surface area (Å²) < 4.78 is 23.0. The molecule has 4 heteroatoms. The molecule has 0 spiro atoms. The Morgan fingerprint density at radius 1 is 1.31 bits per heavy atom. The van der Waals surface area contributed by atoms with Crippen molar-refractivity contribution in [2.45, 2.75) is 5.33 Å². The number of benzene rings is 1. The van der Waals surface area contributed by atoms with E-state index in [0.717, 1.165) is 5.56 Å². The second kappa shape index (κ2) is 4.46. The Labute approximate surface area is 84.8 Å². The highest BCUT2D eigenvalue weighted by Crippen LogP contribution is 2.33. The van der Waals surface area contributed by atoms with Gasteiger partial charge in [-0.1, -0.05) is 15.9 Å². The molecule has 0 aliphatic carbocycles. The molecular weight excluding hydrogens is 239 g/mol. The van der Waals surface area contributed by atoms with Gasteiger partial charge in [0.05, 0.1) is 14.2 Å². The third kappa shape index (κ3) is 2.12. The van der Waals surface area contributed by atoms with Crippen molar-refractivity contribution in [3.8, 4) is 11.5 Å². The molecular formula is C9H10BrFO2. The summed E-state index contributed by atoms with van der Waals surface area (Å²) in [6.07, 6.45) is 0. The molecule has 0 saturated heterocycles. The molecule has 0 aromatic heterocycles. The predicted octanol–water partition coefficient (Wildman–Crippen LogP) is 2.74. The Morgan fingerprint density at radius 2 is 2.00 bits per heavy atom. The second-order valence-corrected chi connectivity index (χ2v) is 2.99. The van der Waals surface area contributed by atoms with E-state index in [2.05, 4.69) is 15.9 Å². The van der Waals surface area contributed by atoms with Gasteiger partial charge < -0.3 is 9.47 Å². The lowest BCUT2D eigenvalue weighted by atomic mass is 10.2. The molecule has 72 valence electrons. The minimum Gasteiger partial charge on any atom is -0.493 e. The predicted molar refractivity (Wildman–Crippen MR) is 52.1 cm³/mol. The van der Waals surface area contributed by atoms with Crippen molar-refractivity contribution >= 4 is 15.9 Å². The Bertz CT molecular complexity index is 277. The van der Waals surface area contributed by atoms with Crippen LogP contribution in [-0.4, -0.2) is 14.2 Å². The van der Waals surface area contributed by atoms with Gasteiger partial charge in [-0.25, -0.2) is 4.39 Å². The molecule has 0 amide bonds. The average Bonchev–Trinajstić information content (AvgIpc) is 2.16. The van der Waals surface area contributed by atoms with Crippen LogP contribution >= 0.6 is 15.9 Å². The maximum Gasteiger partial charge on any atom is 0.164 e. The zero-order valence-electron chi connectivity index (χ0n) is 7.43. The molecule has 0 unspecified atom stereocenters. The molecule has 0 aliphatic rings. The van der Waals surface area contributed by atoms with E-state index in [-0.39, 0.29) is 5.82 Å². The van der Waals surface area contributed by atoms with E-state index in [4.69, 9.17) is 9.47 Å². The molecule has 1 aromatic carbocycles. The van der Waals surface area contributed by atoms with Crippen LogP contribution in [0, 0.1) is 5.82 Å². The van der Waals surface area contributed by atoms with Crippen LogP contribution in [0.25, 0.3) is 0 Å². The SMILES string of the molecule is COc1cc(F)cc(CBr)c1OC. The number of halogens is 2. The summed E-state index contributed by atoms with van der Waals surface area (Å²) >= 11 is 3.24. The molecule has 0 aliphatic heterocycles. The number of ether oxygens (including phenoxy) is 2. The fourth-order valence-corrected chi connectivity index (χ4v) is 1.52.